The van der Waals surface area contributed by atoms with Gasteiger partial charge in [-0.25, -0.2) is 4.98 Å². The van der Waals surface area contributed by atoms with Gasteiger partial charge < -0.3 is 4.42 Å². The summed E-state index contributed by atoms with van der Waals surface area (Å²) >= 11 is 0. The van der Waals surface area contributed by atoms with Crippen molar-refractivity contribution in [2.75, 3.05) is 0 Å². The molecule has 0 amide bonds. The van der Waals surface area contributed by atoms with Crippen LogP contribution in [0.4, 0.5) is 0 Å². The molecule has 0 aliphatic rings. The third kappa shape index (κ3) is 5.05. The number of nitrogens with zero attached hydrogens (tertiary/aromatic N) is 2. The molecule has 2 aromatic heterocycles. The van der Waals surface area contributed by atoms with Gasteiger partial charge in [0.1, 0.15) is 17.0 Å². The molecule has 0 unspecified atom stereocenters. The topological polar surface area (TPSA) is 31.0 Å². The summed E-state index contributed by atoms with van der Waals surface area (Å²) < 4.78 is 9.40. The molecular weight excluding hydrogens is 633 g/mol. The number of aromatic nitrogens is 2. The van der Waals surface area contributed by atoms with Gasteiger partial charge in [0.15, 0.2) is 0 Å². The summed E-state index contributed by atoms with van der Waals surface area (Å²) in [5.41, 5.74) is 12.4. The molecule has 3 nitrogen and oxygen atoms in total. The molecule has 7 aromatic carbocycles. The Hall–Kier alpha value is -5.67. The second kappa shape index (κ2) is 12.0. The maximum Gasteiger partial charge on any atom is 0.149 e. The van der Waals surface area contributed by atoms with E-state index >= 15 is 0 Å². The second-order valence-corrected chi connectivity index (χ2v) is 16.0. The van der Waals surface area contributed by atoms with Gasteiger partial charge in [0.2, 0.25) is 0 Å². The second-order valence-electron chi connectivity index (χ2n) is 16.0. The van der Waals surface area contributed by atoms with Crippen molar-refractivity contribution >= 4 is 54.5 Å². The standard InChI is InChI=1S/C49H44N2O/c1-29(2)37-24-33(31-16-9-8-10-17-31)25-38(30(3)4)46(37)51-44-23-14-13-22-43(44)50-48(51)36-21-15-20-35-41-27-40-39(28-45(41)52-47(35)36)34-19-12-11-18-32(34)26-42(40)49(5,6)7/h8-30H,1-7H3. The van der Waals surface area contributed by atoms with Crippen molar-refractivity contribution in [2.24, 2.45) is 0 Å². The molecule has 0 bridgehead atoms. The highest BCUT2D eigenvalue weighted by Gasteiger charge is 2.26. The van der Waals surface area contributed by atoms with Gasteiger partial charge in [-0.05, 0) is 115 Å². The lowest BCUT2D eigenvalue weighted by Gasteiger charge is -2.24. The van der Waals surface area contributed by atoms with Crippen molar-refractivity contribution in [3.05, 3.63) is 144 Å². The van der Waals surface area contributed by atoms with E-state index in [-0.39, 0.29) is 17.3 Å². The van der Waals surface area contributed by atoms with Gasteiger partial charge in [-0.2, -0.15) is 0 Å². The number of hydrogen-bond donors (Lipinski definition) is 0. The van der Waals surface area contributed by atoms with E-state index in [1.807, 2.05) is 0 Å². The molecule has 0 aliphatic carbocycles. The summed E-state index contributed by atoms with van der Waals surface area (Å²) in [6.07, 6.45) is 0. The van der Waals surface area contributed by atoms with Crippen LogP contribution in [0.15, 0.2) is 132 Å². The maximum absolute atomic E-state index is 6.99. The van der Waals surface area contributed by atoms with E-state index < -0.39 is 0 Å². The zero-order chi connectivity index (χ0) is 35.9. The molecule has 0 atom stereocenters. The van der Waals surface area contributed by atoms with Crippen LogP contribution < -0.4 is 0 Å². The molecule has 52 heavy (non-hydrogen) atoms. The van der Waals surface area contributed by atoms with Crippen LogP contribution in [0.5, 0.6) is 0 Å². The van der Waals surface area contributed by atoms with Crippen molar-refractivity contribution in [1.82, 2.24) is 9.55 Å². The van der Waals surface area contributed by atoms with Gasteiger partial charge in [0.25, 0.3) is 0 Å². The quantitative estimate of drug-likeness (QED) is 0.170. The van der Waals surface area contributed by atoms with Crippen molar-refractivity contribution in [3.8, 4) is 28.2 Å². The molecule has 256 valence electrons. The van der Waals surface area contributed by atoms with Crippen molar-refractivity contribution < 1.29 is 4.42 Å². The molecule has 0 radical (unpaired) electrons. The molecule has 2 heterocycles. The summed E-state index contributed by atoms with van der Waals surface area (Å²) in [6, 6.07) is 46.3. The van der Waals surface area contributed by atoms with Crippen LogP contribution in [0, 0.1) is 0 Å². The van der Waals surface area contributed by atoms with E-state index in [0.717, 1.165) is 44.4 Å². The van der Waals surface area contributed by atoms with E-state index in [1.54, 1.807) is 0 Å². The van der Waals surface area contributed by atoms with Gasteiger partial charge in [0, 0.05) is 10.8 Å². The summed E-state index contributed by atoms with van der Waals surface area (Å²) in [7, 11) is 0. The number of rotatable bonds is 5. The summed E-state index contributed by atoms with van der Waals surface area (Å²) in [4.78, 5) is 5.41. The van der Waals surface area contributed by atoms with Gasteiger partial charge in [-0.15, -0.1) is 0 Å². The first-order valence-electron chi connectivity index (χ1n) is 18.6. The predicted molar refractivity (Wildman–Crippen MR) is 221 cm³/mol. The minimum atomic E-state index is -0.0240. The van der Waals surface area contributed by atoms with E-state index in [2.05, 4.69) is 180 Å². The lowest BCUT2D eigenvalue weighted by atomic mass is 9.81. The minimum absolute atomic E-state index is 0.0240. The molecule has 0 saturated carbocycles. The molecular formula is C49H44N2O. The molecule has 0 aliphatic heterocycles. The van der Waals surface area contributed by atoms with E-state index in [1.165, 1.54) is 55.0 Å². The Labute approximate surface area is 305 Å². The average molecular weight is 677 g/mol. The first-order valence-corrected chi connectivity index (χ1v) is 18.6. The Kier molecular flexibility index (Phi) is 7.41. The SMILES string of the molecule is CC(C)c1cc(-c2ccccc2)cc(C(C)C)c1-n1c(-c2cccc3c2oc2cc4c(cc23)c(C(C)(C)C)cc2ccccc24)nc2ccccc21. The van der Waals surface area contributed by atoms with Crippen molar-refractivity contribution in [1.29, 1.82) is 0 Å². The van der Waals surface area contributed by atoms with Gasteiger partial charge in [0.05, 0.1) is 22.3 Å². The van der Waals surface area contributed by atoms with Crippen LogP contribution >= 0.6 is 0 Å². The average Bonchev–Trinajstić information content (AvgIpc) is 3.71. The summed E-state index contributed by atoms with van der Waals surface area (Å²) in [5.74, 6) is 1.46. The Morgan fingerprint density at radius 3 is 1.98 bits per heavy atom. The number of furan rings is 1. The fourth-order valence-electron chi connectivity index (χ4n) is 8.24. The Morgan fingerprint density at radius 1 is 0.577 bits per heavy atom. The Balaban J connectivity index is 1.36. The van der Waals surface area contributed by atoms with Gasteiger partial charge in [-0.1, -0.05) is 127 Å². The minimum Gasteiger partial charge on any atom is -0.455 e. The van der Waals surface area contributed by atoms with Crippen LogP contribution in [0.2, 0.25) is 0 Å². The molecule has 9 aromatic rings. The predicted octanol–water partition coefficient (Wildman–Crippen LogP) is 14.1. The number of para-hydroxylation sites is 3. The third-order valence-electron chi connectivity index (χ3n) is 10.8. The largest absolute Gasteiger partial charge is 0.455 e. The van der Waals surface area contributed by atoms with Crippen molar-refractivity contribution in [2.45, 2.75) is 65.7 Å². The van der Waals surface area contributed by atoms with Crippen molar-refractivity contribution in [3.63, 3.8) is 0 Å². The lowest BCUT2D eigenvalue weighted by Crippen LogP contribution is -2.11. The number of imidazole rings is 1. The van der Waals surface area contributed by atoms with Gasteiger partial charge in [-0.3, -0.25) is 4.57 Å². The van der Waals surface area contributed by atoms with E-state index in [9.17, 15) is 0 Å². The number of hydrogen-bond acceptors (Lipinski definition) is 2. The zero-order valence-corrected chi connectivity index (χ0v) is 31.1. The fourth-order valence-corrected chi connectivity index (χ4v) is 8.24. The van der Waals surface area contributed by atoms with E-state index in [4.69, 9.17) is 9.40 Å². The number of benzene rings is 7. The van der Waals surface area contributed by atoms with Crippen LogP contribution in [0.3, 0.4) is 0 Å². The highest BCUT2D eigenvalue weighted by Crippen LogP contribution is 2.44. The van der Waals surface area contributed by atoms with Crippen LogP contribution in [0.1, 0.15) is 77.0 Å². The van der Waals surface area contributed by atoms with Crippen LogP contribution in [-0.2, 0) is 5.41 Å². The molecule has 0 spiro atoms. The monoisotopic (exact) mass is 676 g/mol. The van der Waals surface area contributed by atoms with Gasteiger partial charge >= 0.3 is 0 Å². The first-order chi connectivity index (χ1) is 25.1. The van der Waals surface area contributed by atoms with Crippen LogP contribution in [-0.4, -0.2) is 9.55 Å². The molecule has 9 rings (SSSR count). The highest BCUT2D eigenvalue weighted by atomic mass is 16.3. The zero-order valence-electron chi connectivity index (χ0n) is 31.1. The molecule has 0 saturated heterocycles. The molecule has 0 N–H and O–H groups in total. The fraction of sp³-hybridized carbons (Fsp3) is 0.204. The first kappa shape index (κ1) is 32.3. The molecule has 0 fully saturated rings. The lowest BCUT2D eigenvalue weighted by molar-refractivity contribution is 0.596. The Bertz CT molecular complexity index is 2800. The smallest absolute Gasteiger partial charge is 0.149 e. The van der Waals surface area contributed by atoms with E-state index in [0.29, 0.717) is 0 Å². The Morgan fingerprint density at radius 2 is 1.25 bits per heavy atom. The number of fused-ring (bicyclic) bond motifs is 7. The normalized spacial score (nSPS) is 12.5. The maximum atomic E-state index is 6.99. The summed E-state index contributed by atoms with van der Waals surface area (Å²) in [5, 5.41) is 7.24. The molecule has 3 heteroatoms. The van der Waals surface area contributed by atoms with Crippen LogP contribution in [0.25, 0.3) is 82.7 Å². The highest BCUT2D eigenvalue weighted by molar-refractivity contribution is 6.18. The third-order valence-corrected chi connectivity index (χ3v) is 10.8. The summed E-state index contributed by atoms with van der Waals surface area (Å²) in [6.45, 7) is 16.1.